The summed E-state index contributed by atoms with van der Waals surface area (Å²) in [4.78, 5) is 0. The first kappa shape index (κ1) is 11.0. The van der Waals surface area contributed by atoms with Crippen LogP contribution in [-0.4, -0.2) is 0 Å². The summed E-state index contributed by atoms with van der Waals surface area (Å²) < 4.78 is 0. The average molecular weight is 162 g/mol. The maximum absolute atomic E-state index is 3.95. The summed E-state index contributed by atoms with van der Waals surface area (Å²) in [5.74, 6) is 0. The maximum Gasteiger partial charge on any atom is -0.0303 e. The van der Waals surface area contributed by atoms with Crippen LogP contribution in [0.25, 0.3) is 0 Å². The third-order valence-corrected chi connectivity index (χ3v) is 1.77. The molecule has 0 fully saturated rings. The van der Waals surface area contributed by atoms with Crippen molar-refractivity contribution in [2.75, 3.05) is 0 Å². The van der Waals surface area contributed by atoms with Crippen LogP contribution in [0, 0.1) is 0 Å². The number of rotatable bonds is 3. The third-order valence-electron chi connectivity index (χ3n) is 1.77. The first-order chi connectivity index (χ1) is 5.61. The van der Waals surface area contributed by atoms with E-state index in [0.717, 1.165) is 5.57 Å². The van der Waals surface area contributed by atoms with Crippen molar-refractivity contribution in [2.24, 2.45) is 0 Å². The molecule has 0 bridgehead atoms. The Labute approximate surface area is 76.0 Å². The molecule has 0 aromatic rings. The SMILES string of the molecule is C=C(C=CC)C(C)=CC(C)=CC. The van der Waals surface area contributed by atoms with Gasteiger partial charge in [0.2, 0.25) is 0 Å². The number of allylic oxidation sites excluding steroid dienone is 7. The highest BCUT2D eigenvalue weighted by Gasteiger charge is 1.90. The molecule has 0 aliphatic heterocycles. The summed E-state index contributed by atoms with van der Waals surface area (Å²) in [6.07, 6.45) is 8.26. The van der Waals surface area contributed by atoms with Crippen LogP contribution in [0.15, 0.2) is 47.6 Å². The zero-order valence-electron chi connectivity index (χ0n) is 8.52. The van der Waals surface area contributed by atoms with Gasteiger partial charge in [-0.25, -0.2) is 0 Å². The van der Waals surface area contributed by atoms with E-state index in [1.54, 1.807) is 0 Å². The average Bonchev–Trinajstić information content (AvgIpc) is 2.04. The maximum atomic E-state index is 3.95. The van der Waals surface area contributed by atoms with E-state index in [-0.39, 0.29) is 0 Å². The van der Waals surface area contributed by atoms with Crippen LogP contribution >= 0.6 is 0 Å². The molecule has 0 unspecified atom stereocenters. The molecule has 0 heterocycles. The van der Waals surface area contributed by atoms with Crippen LogP contribution in [0.2, 0.25) is 0 Å². The Morgan fingerprint density at radius 1 is 1.17 bits per heavy atom. The van der Waals surface area contributed by atoms with Gasteiger partial charge in [0.25, 0.3) is 0 Å². The van der Waals surface area contributed by atoms with Gasteiger partial charge in [-0.15, -0.1) is 0 Å². The predicted octanol–water partition coefficient (Wildman–Crippen LogP) is 4.03. The highest BCUT2D eigenvalue weighted by Crippen LogP contribution is 2.11. The fraction of sp³-hybridized carbons (Fsp3) is 0.333. The van der Waals surface area contributed by atoms with Gasteiger partial charge in [-0.2, -0.15) is 0 Å². The quantitative estimate of drug-likeness (QED) is 0.549. The summed E-state index contributed by atoms with van der Waals surface area (Å²) in [5, 5.41) is 0. The summed E-state index contributed by atoms with van der Waals surface area (Å²) in [5.41, 5.74) is 3.58. The van der Waals surface area contributed by atoms with Crippen molar-refractivity contribution in [2.45, 2.75) is 27.7 Å². The lowest BCUT2D eigenvalue weighted by Gasteiger charge is -1.99. The first-order valence-electron chi connectivity index (χ1n) is 4.25. The van der Waals surface area contributed by atoms with Gasteiger partial charge in [-0.05, 0) is 38.8 Å². The van der Waals surface area contributed by atoms with E-state index in [0.29, 0.717) is 0 Å². The minimum absolute atomic E-state index is 1.08. The fourth-order valence-corrected chi connectivity index (χ4v) is 0.850. The number of hydrogen-bond donors (Lipinski definition) is 0. The Morgan fingerprint density at radius 3 is 2.17 bits per heavy atom. The molecule has 0 heteroatoms. The van der Waals surface area contributed by atoms with Crippen LogP contribution in [0.1, 0.15) is 27.7 Å². The minimum atomic E-state index is 1.08. The Kier molecular flexibility index (Phi) is 5.11. The van der Waals surface area contributed by atoms with E-state index in [4.69, 9.17) is 0 Å². The van der Waals surface area contributed by atoms with Crippen molar-refractivity contribution < 1.29 is 0 Å². The smallest absolute Gasteiger partial charge is 0.0303 e. The van der Waals surface area contributed by atoms with Gasteiger partial charge in [0, 0.05) is 0 Å². The van der Waals surface area contributed by atoms with Gasteiger partial charge in [0.05, 0.1) is 0 Å². The van der Waals surface area contributed by atoms with Crippen LogP contribution in [0.5, 0.6) is 0 Å². The molecule has 0 nitrogen and oxygen atoms in total. The highest BCUT2D eigenvalue weighted by molar-refractivity contribution is 5.39. The molecular formula is C12H18. The fourth-order valence-electron chi connectivity index (χ4n) is 0.850. The van der Waals surface area contributed by atoms with Gasteiger partial charge >= 0.3 is 0 Å². The molecule has 12 heavy (non-hydrogen) atoms. The molecule has 0 aromatic carbocycles. The zero-order chi connectivity index (χ0) is 9.56. The molecule has 0 aliphatic rings. The van der Waals surface area contributed by atoms with Crippen molar-refractivity contribution in [3.05, 3.63) is 47.6 Å². The largest absolute Gasteiger partial charge is 0.0915 e. The molecule has 0 rings (SSSR count). The van der Waals surface area contributed by atoms with Crippen molar-refractivity contribution >= 4 is 0 Å². The first-order valence-corrected chi connectivity index (χ1v) is 4.25. The molecular weight excluding hydrogens is 144 g/mol. The van der Waals surface area contributed by atoms with Crippen molar-refractivity contribution in [1.82, 2.24) is 0 Å². The van der Waals surface area contributed by atoms with Gasteiger partial charge in [0.1, 0.15) is 0 Å². The Hall–Kier alpha value is -1.04. The van der Waals surface area contributed by atoms with E-state index < -0.39 is 0 Å². The predicted molar refractivity (Wildman–Crippen MR) is 57.1 cm³/mol. The Balaban J connectivity index is 4.48. The van der Waals surface area contributed by atoms with E-state index in [1.165, 1.54) is 11.1 Å². The summed E-state index contributed by atoms with van der Waals surface area (Å²) in [6.45, 7) is 12.2. The monoisotopic (exact) mass is 162 g/mol. The van der Waals surface area contributed by atoms with Crippen LogP contribution < -0.4 is 0 Å². The molecule has 0 saturated heterocycles. The van der Waals surface area contributed by atoms with Crippen molar-refractivity contribution in [1.29, 1.82) is 0 Å². The summed E-state index contributed by atoms with van der Waals surface area (Å²) in [6, 6.07) is 0. The number of hydrogen-bond acceptors (Lipinski definition) is 0. The van der Waals surface area contributed by atoms with E-state index in [1.807, 2.05) is 26.0 Å². The van der Waals surface area contributed by atoms with E-state index in [2.05, 4.69) is 32.6 Å². The Morgan fingerprint density at radius 2 is 1.75 bits per heavy atom. The molecule has 0 saturated carbocycles. The van der Waals surface area contributed by atoms with Crippen molar-refractivity contribution in [3.8, 4) is 0 Å². The lowest BCUT2D eigenvalue weighted by Crippen LogP contribution is -1.79. The van der Waals surface area contributed by atoms with E-state index in [9.17, 15) is 0 Å². The van der Waals surface area contributed by atoms with Gasteiger partial charge < -0.3 is 0 Å². The third kappa shape index (κ3) is 3.97. The lowest BCUT2D eigenvalue weighted by atomic mass is 10.1. The van der Waals surface area contributed by atoms with E-state index >= 15 is 0 Å². The van der Waals surface area contributed by atoms with Gasteiger partial charge in [-0.3, -0.25) is 0 Å². The van der Waals surface area contributed by atoms with Crippen LogP contribution in [0.3, 0.4) is 0 Å². The van der Waals surface area contributed by atoms with Crippen molar-refractivity contribution in [3.63, 3.8) is 0 Å². The Bertz CT molecular complexity index is 237. The highest BCUT2D eigenvalue weighted by atomic mass is 14.0. The molecule has 0 atom stereocenters. The van der Waals surface area contributed by atoms with Crippen LogP contribution in [-0.2, 0) is 0 Å². The summed E-state index contributed by atoms with van der Waals surface area (Å²) >= 11 is 0. The standard InChI is InChI=1S/C12H18/c1-6-8-11(4)12(5)9-10(3)7-2/h6-9H,4H2,1-3,5H3. The molecule has 0 aromatic heterocycles. The molecule has 0 aliphatic carbocycles. The molecule has 0 spiro atoms. The summed E-state index contributed by atoms with van der Waals surface area (Å²) in [7, 11) is 0. The van der Waals surface area contributed by atoms with Gasteiger partial charge in [0.15, 0.2) is 0 Å². The second-order valence-corrected chi connectivity index (χ2v) is 2.89. The topological polar surface area (TPSA) is 0 Å². The molecule has 0 amide bonds. The van der Waals surface area contributed by atoms with Crippen LogP contribution in [0.4, 0.5) is 0 Å². The zero-order valence-corrected chi connectivity index (χ0v) is 8.52. The molecule has 0 radical (unpaired) electrons. The molecule has 0 N–H and O–H groups in total. The van der Waals surface area contributed by atoms with Gasteiger partial charge in [-0.1, -0.05) is 36.5 Å². The minimum Gasteiger partial charge on any atom is -0.0915 e. The second kappa shape index (κ2) is 5.59. The second-order valence-electron chi connectivity index (χ2n) is 2.89. The lowest BCUT2D eigenvalue weighted by molar-refractivity contribution is 1.37. The molecule has 66 valence electrons. The normalized spacial score (nSPS) is 14.0.